The Kier molecular flexibility index (Phi) is 6.67. The van der Waals surface area contributed by atoms with Crippen molar-refractivity contribution in [3.05, 3.63) is 35.5 Å². The number of rotatable bonds is 7. The summed E-state index contributed by atoms with van der Waals surface area (Å²) in [6, 6.07) is 1.75. The van der Waals surface area contributed by atoms with E-state index in [2.05, 4.69) is 10.3 Å². The molecule has 10 nitrogen and oxygen atoms in total. The zero-order valence-corrected chi connectivity index (χ0v) is 18.0. The minimum Gasteiger partial charge on any atom is -0.381 e. The number of nitrogens with zero attached hydrogens (tertiary/aromatic N) is 5. The second-order valence-corrected chi connectivity index (χ2v) is 8.16. The fraction of sp³-hybridized carbons (Fsp3) is 0.619. The molecule has 2 aliphatic heterocycles. The smallest absolute Gasteiger partial charge is 0.276 e. The normalized spacial score (nSPS) is 19.7. The quantitative estimate of drug-likeness (QED) is 0.647. The molecule has 0 spiro atoms. The number of aryl methyl sites for hydroxylation is 1. The van der Waals surface area contributed by atoms with E-state index in [9.17, 15) is 9.59 Å². The molecule has 0 radical (unpaired) electrons. The molecule has 0 bridgehead atoms. The fourth-order valence-electron chi connectivity index (χ4n) is 4.38. The molecule has 2 aromatic rings. The average Bonchev–Trinajstić information content (AvgIpc) is 3.51. The molecule has 1 unspecified atom stereocenters. The van der Waals surface area contributed by atoms with Gasteiger partial charge in [-0.2, -0.15) is 5.10 Å². The van der Waals surface area contributed by atoms with E-state index in [1.165, 1.54) is 7.11 Å². The summed E-state index contributed by atoms with van der Waals surface area (Å²) in [6.07, 6.45) is 6.01. The van der Waals surface area contributed by atoms with Crippen LogP contribution in [0, 0.1) is 6.92 Å². The van der Waals surface area contributed by atoms with Crippen molar-refractivity contribution in [1.29, 1.82) is 0 Å². The van der Waals surface area contributed by atoms with Gasteiger partial charge in [-0.25, -0.2) is 0 Å². The highest BCUT2D eigenvalue weighted by atomic mass is 16.5. The van der Waals surface area contributed by atoms with E-state index < -0.39 is 0 Å². The Bertz CT molecular complexity index is 904. The van der Waals surface area contributed by atoms with E-state index in [-0.39, 0.29) is 36.2 Å². The van der Waals surface area contributed by atoms with Gasteiger partial charge in [0.05, 0.1) is 12.2 Å². The molecular weight excluding hydrogens is 402 g/mol. The number of methoxy groups -OCH3 is 1. The van der Waals surface area contributed by atoms with Crippen molar-refractivity contribution in [2.24, 2.45) is 0 Å². The molecule has 2 amide bonds. The first-order valence-electron chi connectivity index (χ1n) is 10.7. The van der Waals surface area contributed by atoms with Gasteiger partial charge >= 0.3 is 0 Å². The minimum absolute atomic E-state index is 0.0341. The third-order valence-electron chi connectivity index (χ3n) is 5.84. The van der Waals surface area contributed by atoms with Crippen LogP contribution in [0.2, 0.25) is 0 Å². The van der Waals surface area contributed by atoms with Crippen molar-refractivity contribution in [3.8, 4) is 0 Å². The Labute approximate surface area is 181 Å². The van der Waals surface area contributed by atoms with Crippen molar-refractivity contribution in [2.75, 3.05) is 40.0 Å². The molecule has 2 saturated heterocycles. The predicted molar refractivity (Wildman–Crippen MR) is 109 cm³/mol. The predicted octanol–water partition coefficient (Wildman–Crippen LogP) is 1.10. The van der Waals surface area contributed by atoms with E-state index in [4.69, 9.17) is 14.0 Å². The molecule has 0 N–H and O–H groups in total. The second-order valence-electron chi connectivity index (χ2n) is 8.16. The third-order valence-corrected chi connectivity index (χ3v) is 5.84. The zero-order valence-electron chi connectivity index (χ0n) is 18.0. The maximum absolute atomic E-state index is 13.0. The van der Waals surface area contributed by atoms with Gasteiger partial charge in [0, 0.05) is 51.7 Å². The highest BCUT2D eigenvalue weighted by Gasteiger charge is 2.38. The van der Waals surface area contributed by atoms with Gasteiger partial charge in [0.15, 0.2) is 11.5 Å². The van der Waals surface area contributed by atoms with Gasteiger partial charge in [-0.1, -0.05) is 5.16 Å². The molecule has 1 atom stereocenters. The number of ether oxygens (including phenoxy) is 2. The van der Waals surface area contributed by atoms with Crippen molar-refractivity contribution < 1.29 is 23.6 Å². The van der Waals surface area contributed by atoms with Gasteiger partial charge in [0.1, 0.15) is 13.2 Å². The first-order chi connectivity index (χ1) is 15.0. The highest BCUT2D eigenvalue weighted by molar-refractivity contribution is 5.92. The van der Waals surface area contributed by atoms with Gasteiger partial charge in [-0.3, -0.25) is 14.3 Å². The average molecular weight is 431 g/mol. The van der Waals surface area contributed by atoms with Crippen LogP contribution < -0.4 is 0 Å². The standard InChI is InChI=1S/C21H29N5O5/c1-15-10-22-25(11-15)13-18-9-19(23-31-18)21(28)24-6-3-17(12-24)26(20(27)14-29-2)16-4-7-30-8-5-16/h9-11,16-17H,3-8,12-14H2,1-2H3. The summed E-state index contributed by atoms with van der Waals surface area (Å²) in [5, 5.41) is 8.19. The second kappa shape index (κ2) is 9.61. The van der Waals surface area contributed by atoms with Crippen LogP contribution in [0.15, 0.2) is 23.0 Å². The lowest BCUT2D eigenvalue weighted by molar-refractivity contribution is -0.142. The van der Waals surface area contributed by atoms with Crippen molar-refractivity contribution in [1.82, 2.24) is 24.7 Å². The van der Waals surface area contributed by atoms with Crippen molar-refractivity contribution >= 4 is 11.8 Å². The van der Waals surface area contributed by atoms with Gasteiger partial charge in [0.2, 0.25) is 5.91 Å². The molecule has 2 aliphatic rings. The van der Waals surface area contributed by atoms with Crippen LogP contribution in [0.4, 0.5) is 0 Å². The van der Waals surface area contributed by atoms with Crippen LogP contribution in [0.1, 0.15) is 41.1 Å². The lowest BCUT2D eigenvalue weighted by atomic mass is 10.0. The fourth-order valence-corrected chi connectivity index (χ4v) is 4.38. The number of aromatic nitrogens is 3. The van der Waals surface area contributed by atoms with Gasteiger partial charge < -0.3 is 23.8 Å². The first-order valence-corrected chi connectivity index (χ1v) is 10.7. The Hall–Kier alpha value is -2.72. The van der Waals surface area contributed by atoms with E-state index >= 15 is 0 Å². The third kappa shape index (κ3) is 4.96. The number of carbonyl (C=O) groups excluding carboxylic acids is 2. The van der Waals surface area contributed by atoms with Crippen molar-refractivity contribution in [2.45, 2.75) is 44.8 Å². The Morgan fingerprint density at radius 3 is 2.77 bits per heavy atom. The molecule has 0 aromatic carbocycles. The molecule has 10 heteroatoms. The molecular formula is C21H29N5O5. The summed E-state index contributed by atoms with van der Waals surface area (Å²) in [5.41, 5.74) is 1.33. The lowest BCUT2D eigenvalue weighted by Crippen LogP contribution is -2.51. The molecule has 0 aliphatic carbocycles. The van der Waals surface area contributed by atoms with Gasteiger partial charge in [-0.15, -0.1) is 0 Å². The minimum atomic E-state index is -0.180. The summed E-state index contributed by atoms with van der Waals surface area (Å²) >= 11 is 0. The monoisotopic (exact) mass is 431 g/mol. The van der Waals surface area contributed by atoms with Crippen LogP contribution >= 0.6 is 0 Å². The Morgan fingerprint density at radius 2 is 2.06 bits per heavy atom. The van der Waals surface area contributed by atoms with E-state index in [1.807, 2.05) is 18.0 Å². The van der Waals surface area contributed by atoms with Gasteiger partial charge in [0.25, 0.3) is 5.91 Å². The number of carbonyl (C=O) groups is 2. The molecule has 0 saturated carbocycles. The molecule has 2 fully saturated rings. The Balaban J connectivity index is 1.40. The van der Waals surface area contributed by atoms with Crippen LogP contribution in [0.3, 0.4) is 0 Å². The summed E-state index contributed by atoms with van der Waals surface area (Å²) < 4.78 is 17.6. The first kappa shape index (κ1) is 21.5. The topological polar surface area (TPSA) is 103 Å². The van der Waals surface area contributed by atoms with E-state index in [1.54, 1.807) is 21.8 Å². The van der Waals surface area contributed by atoms with Crippen LogP contribution in [0.5, 0.6) is 0 Å². The lowest BCUT2D eigenvalue weighted by Gasteiger charge is -2.38. The zero-order chi connectivity index (χ0) is 21.8. The van der Waals surface area contributed by atoms with E-state index in [0.717, 1.165) is 24.8 Å². The van der Waals surface area contributed by atoms with Crippen molar-refractivity contribution in [3.63, 3.8) is 0 Å². The molecule has 4 rings (SSSR count). The number of amides is 2. The maximum atomic E-state index is 13.0. The van der Waals surface area contributed by atoms with E-state index in [0.29, 0.717) is 38.6 Å². The van der Waals surface area contributed by atoms with Crippen LogP contribution in [0.25, 0.3) is 0 Å². The number of hydrogen-bond donors (Lipinski definition) is 0. The summed E-state index contributed by atoms with van der Waals surface area (Å²) in [5.74, 6) is 0.355. The molecule has 4 heterocycles. The Morgan fingerprint density at radius 1 is 1.26 bits per heavy atom. The largest absolute Gasteiger partial charge is 0.381 e. The van der Waals surface area contributed by atoms with Gasteiger partial charge in [-0.05, 0) is 31.7 Å². The van der Waals surface area contributed by atoms with Crippen LogP contribution in [-0.2, 0) is 20.8 Å². The molecule has 2 aromatic heterocycles. The highest BCUT2D eigenvalue weighted by Crippen LogP contribution is 2.25. The van der Waals surface area contributed by atoms with Crippen LogP contribution in [-0.4, -0.2) is 88.7 Å². The summed E-state index contributed by atoms with van der Waals surface area (Å²) in [6.45, 7) is 4.77. The maximum Gasteiger partial charge on any atom is 0.276 e. The summed E-state index contributed by atoms with van der Waals surface area (Å²) in [4.78, 5) is 29.4. The SMILES string of the molecule is COCC(=O)N(C1CCOCC1)C1CCN(C(=O)c2cc(Cn3cc(C)cn3)on2)C1. The summed E-state index contributed by atoms with van der Waals surface area (Å²) in [7, 11) is 1.53. The number of likely N-dealkylation sites (tertiary alicyclic amines) is 1. The molecule has 31 heavy (non-hydrogen) atoms. The number of hydrogen-bond acceptors (Lipinski definition) is 7. The molecule has 168 valence electrons.